The Morgan fingerprint density at radius 3 is 2.64 bits per heavy atom. The molecule has 0 saturated carbocycles. The number of pyridine rings is 1. The van der Waals surface area contributed by atoms with Crippen molar-refractivity contribution in [1.29, 1.82) is 0 Å². The second kappa shape index (κ2) is 8.17. The summed E-state index contributed by atoms with van der Waals surface area (Å²) in [5, 5.41) is 2.85. The Morgan fingerprint density at radius 2 is 1.82 bits per heavy atom. The van der Waals surface area contributed by atoms with Gasteiger partial charge >= 0.3 is 0 Å². The van der Waals surface area contributed by atoms with E-state index in [0.717, 1.165) is 45.5 Å². The van der Waals surface area contributed by atoms with Gasteiger partial charge < -0.3 is 5.73 Å². The van der Waals surface area contributed by atoms with E-state index < -0.39 is 5.95 Å². The fourth-order valence-corrected chi connectivity index (χ4v) is 4.19. The highest BCUT2D eigenvalue weighted by atomic mass is 32.1. The Hall–Kier alpha value is -2.63. The molecular weight excluding hydrogens is 369 g/mol. The molecule has 2 heterocycles. The van der Waals surface area contributed by atoms with Crippen LogP contribution in [0.5, 0.6) is 0 Å². The molecule has 0 radical (unpaired) electrons. The van der Waals surface area contributed by atoms with Gasteiger partial charge in [0.1, 0.15) is 0 Å². The van der Waals surface area contributed by atoms with E-state index >= 15 is 0 Å². The first-order chi connectivity index (χ1) is 13.6. The maximum absolute atomic E-state index is 13.4. The fourth-order valence-electron chi connectivity index (χ4n) is 3.26. The van der Waals surface area contributed by atoms with Crippen LogP contribution in [-0.2, 0) is 12.8 Å². The number of nitrogens with zero attached hydrogens (tertiary/aromatic N) is 2. The van der Waals surface area contributed by atoms with Gasteiger partial charge in [-0.1, -0.05) is 42.0 Å². The molecule has 2 N–H and O–H groups in total. The van der Waals surface area contributed by atoms with Crippen LogP contribution in [0, 0.1) is 12.9 Å². The average molecular weight is 392 g/mol. The molecule has 2 aromatic carbocycles. The Kier molecular flexibility index (Phi) is 5.46. The summed E-state index contributed by atoms with van der Waals surface area (Å²) in [6.07, 6.45) is 6.09. The standard InChI is InChI=1S/C23H22FN3S/c1-15-2-4-16(5-3-15)10-20(25)8-9-23-27-14-21(28-23)17-6-7-18-13-26-22(24)12-19(18)11-17/h2-7,11-14,20H,8-10,25H2,1H3/t20-/m1/s1. The molecule has 4 rings (SSSR count). The number of benzene rings is 2. The minimum atomic E-state index is -0.461. The van der Waals surface area contributed by atoms with Crippen LogP contribution < -0.4 is 5.73 Å². The van der Waals surface area contributed by atoms with Gasteiger partial charge in [-0.3, -0.25) is 0 Å². The van der Waals surface area contributed by atoms with Gasteiger partial charge in [0.2, 0.25) is 5.95 Å². The topological polar surface area (TPSA) is 51.8 Å². The van der Waals surface area contributed by atoms with Gasteiger partial charge in [-0.2, -0.15) is 4.39 Å². The number of nitrogens with two attached hydrogens (primary N) is 1. The molecule has 142 valence electrons. The number of fused-ring (bicyclic) bond motifs is 1. The van der Waals surface area contributed by atoms with Crippen molar-refractivity contribution >= 4 is 22.1 Å². The quantitative estimate of drug-likeness (QED) is 0.453. The van der Waals surface area contributed by atoms with Crippen LogP contribution in [0.2, 0.25) is 0 Å². The molecule has 0 bridgehead atoms. The maximum atomic E-state index is 13.4. The number of thiazole rings is 1. The number of halogens is 1. The van der Waals surface area contributed by atoms with Crippen LogP contribution >= 0.6 is 11.3 Å². The molecule has 0 spiro atoms. The molecule has 0 unspecified atom stereocenters. The number of rotatable bonds is 6. The third-order valence-electron chi connectivity index (χ3n) is 4.87. The van der Waals surface area contributed by atoms with Gasteiger partial charge in [-0.05, 0) is 42.3 Å². The molecule has 0 fully saturated rings. The molecule has 0 saturated heterocycles. The van der Waals surface area contributed by atoms with Crippen molar-refractivity contribution in [2.24, 2.45) is 5.73 Å². The van der Waals surface area contributed by atoms with Crippen LogP contribution in [0.3, 0.4) is 0 Å². The second-order valence-corrected chi connectivity index (χ2v) is 8.29. The highest BCUT2D eigenvalue weighted by Crippen LogP contribution is 2.29. The first-order valence-corrected chi connectivity index (χ1v) is 10.2. The number of aromatic nitrogens is 2. The van der Waals surface area contributed by atoms with E-state index in [9.17, 15) is 4.39 Å². The summed E-state index contributed by atoms with van der Waals surface area (Å²) < 4.78 is 13.4. The summed E-state index contributed by atoms with van der Waals surface area (Å²) in [5.74, 6) is -0.461. The zero-order valence-corrected chi connectivity index (χ0v) is 16.5. The van der Waals surface area contributed by atoms with E-state index in [1.54, 1.807) is 17.5 Å². The summed E-state index contributed by atoms with van der Waals surface area (Å²) in [6.45, 7) is 2.09. The van der Waals surface area contributed by atoms with Crippen LogP contribution in [0.25, 0.3) is 21.2 Å². The number of hydrogen-bond acceptors (Lipinski definition) is 4. The van der Waals surface area contributed by atoms with Crippen molar-refractivity contribution < 1.29 is 4.39 Å². The lowest BCUT2D eigenvalue weighted by molar-refractivity contribution is 0.586. The van der Waals surface area contributed by atoms with Crippen LogP contribution in [0.15, 0.2) is 60.9 Å². The van der Waals surface area contributed by atoms with Crippen LogP contribution in [0.1, 0.15) is 22.6 Å². The van der Waals surface area contributed by atoms with E-state index in [1.165, 1.54) is 17.2 Å². The van der Waals surface area contributed by atoms with Crippen molar-refractivity contribution in [3.8, 4) is 10.4 Å². The highest BCUT2D eigenvalue weighted by molar-refractivity contribution is 7.15. The molecule has 0 aliphatic heterocycles. The van der Waals surface area contributed by atoms with Crippen molar-refractivity contribution in [2.45, 2.75) is 32.2 Å². The first-order valence-electron chi connectivity index (χ1n) is 9.38. The fraction of sp³-hybridized carbons (Fsp3) is 0.217. The monoisotopic (exact) mass is 391 g/mol. The van der Waals surface area contributed by atoms with Crippen molar-refractivity contribution in [3.63, 3.8) is 0 Å². The Labute approximate surface area is 168 Å². The molecule has 1 atom stereocenters. The molecular formula is C23H22FN3S. The molecule has 0 amide bonds. The first kappa shape index (κ1) is 18.7. The van der Waals surface area contributed by atoms with Crippen molar-refractivity contribution in [3.05, 3.63) is 83.0 Å². The molecule has 0 aliphatic rings. The predicted octanol–water partition coefficient (Wildman–Crippen LogP) is 5.31. The Bertz CT molecular complexity index is 1090. The van der Waals surface area contributed by atoms with Gasteiger partial charge in [-0.25, -0.2) is 9.97 Å². The minimum Gasteiger partial charge on any atom is -0.327 e. The van der Waals surface area contributed by atoms with Gasteiger partial charge in [-0.15, -0.1) is 11.3 Å². The second-order valence-electron chi connectivity index (χ2n) is 7.18. The van der Waals surface area contributed by atoms with E-state index in [-0.39, 0.29) is 6.04 Å². The lowest BCUT2D eigenvalue weighted by Gasteiger charge is -2.10. The Balaban J connectivity index is 1.40. The molecule has 0 aliphatic carbocycles. The maximum Gasteiger partial charge on any atom is 0.213 e. The van der Waals surface area contributed by atoms with Crippen molar-refractivity contribution in [1.82, 2.24) is 9.97 Å². The molecule has 5 heteroatoms. The van der Waals surface area contributed by atoms with Crippen LogP contribution in [0.4, 0.5) is 4.39 Å². The zero-order valence-electron chi connectivity index (χ0n) is 15.7. The summed E-state index contributed by atoms with van der Waals surface area (Å²) in [4.78, 5) is 9.34. The highest BCUT2D eigenvalue weighted by Gasteiger charge is 2.09. The Morgan fingerprint density at radius 1 is 1.00 bits per heavy atom. The van der Waals surface area contributed by atoms with Crippen molar-refractivity contribution in [2.75, 3.05) is 0 Å². The van der Waals surface area contributed by atoms with Gasteiger partial charge in [0, 0.05) is 36.3 Å². The van der Waals surface area contributed by atoms with Crippen LogP contribution in [-0.4, -0.2) is 16.0 Å². The van der Waals surface area contributed by atoms with E-state index in [0.29, 0.717) is 0 Å². The van der Waals surface area contributed by atoms with E-state index in [4.69, 9.17) is 5.73 Å². The smallest absolute Gasteiger partial charge is 0.213 e. The lowest BCUT2D eigenvalue weighted by atomic mass is 10.0. The third-order valence-corrected chi connectivity index (χ3v) is 5.98. The van der Waals surface area contributed by atoms with Gasteiger partial charge in [0.25, 0.3) is 0 Å². The molecule has 28 heavy (non-hydrogen) atoms. The molecule has 3 nitrogen and oxygen atoms in total. The largest absolute Gasteiger partial charge is 0.327 e. The normalized spacial score (nSPS) is 12.4. The van der Waals surface area contributed by atoms with Gasteiger partial charge in [0.05, 0.1) is 9.88 Å². The number of hydrogen-bond donors (Lipinski definition) is 1. The predicted molar refractivity (Wildman–Crippen MR) is 114 cm³/mol. The minimum absolute atomic E-state index is 0.117. The summed E-state index contributed by atoms with van der Waals surface area (Å²) in [7, 11) is 0. The molecule has 4 aromatic rings. The van der Waals surface area contributed by atoms with Gasteiger partial charge in [0.15, 0.2) is 0 Å². The molecule has 2 aromatic heterocycles. The lowest BCUT2D eigenvalue weighted by Crippen LogP contribution is -2.23. The number of aryl methyl sites for hydroxylation is 2. The zero-order chi connectivity index (χ0) is 19.5. The summed E-state index contributed by atoms with van der Waals surface area (Å²) >= 11 is 1.67. The van der Waals surface area contributed by atoms with E-state index in [2.05, 4.69) is 41.2 Å². The van der Waals surface area contributed by atoms with E-state index in [1.807, 2.05) is 24.4 Å². The average Bonchev–Trinajstić information content (AvgIpc) is 3.17. The third kappa shape index (κ3) is 4.43. The summed E-state index contributed by atoms with van der Waals surface area (Å²) in [6, 6.07) is 16.1. The summed E-state index contributed by atoms with van der Waals surface area (Å²) in [5.41, 5.74) is 9.91. The SMILES string of the molecule is Cc1ccc(C[C@H](N)CCc2ncc(-c3ccc4cnc(F)cc4c3)s2)cc1.